The lowest BCUT2D eigenvalue weighted by atomic mass is 9.89. The molecule has 0 radical (unpaired) electrons. The van der Waals surface area contributed by atoms with Crippen LogP contribution in [0.15, 0.2) is 54.6 Å². The first-order chi connectivity index (χ1) is 14.7. The number of hydrogen-bond donors (Lipinski definition) is 2. The van der Waals surface area contributed by atoms with Crippen LogP contribution >= 0.6 is 0 Å². The Balaban J connectivity index is 0.000000577. The minimum Gasteiger partial charge on any atom is -0.481 e. The van der Waals surface area contributed by atoms with Gasteiger partial charge in [-0.25, -0.2) is 0 Å². The minimum atomic E-state index is -0.795. The molecule has 0 aliphatic heterocycles. The van der Waals surface area contributed by atoms with E-state index in [-0.39, 0.29) is 24.7 Å². The van der Waals surface area contributed by atoms with Crippen LogP contribution in [-0.4, -0.2) is 29.4 Å². The maximum absolute atomic E-state index is 12.3. The Hall–Kier alpha value is -3.15. The lowest BCUT2D eigenvalue weighted by molar-refractivity contribution is -0.152. The fraction of sp³-hybridized carbons (Fsp3) is 0.400. The van der Waals surface area contributed by atoms with E-state index in [2.05, 4.69) is 0 Å². The molecule has 6 nitrogen and oxygen atoms in total. The summed E-state index contributed by atoms with van der Waals surface area (Å²) < 4.78 is 5.03. The smallest absolute Gasteiger partial charge is 0.316 e. The number of carbonyl (C=O) groups excluding carboxylic acids is 2. The monoisotopic (exact) mass is 427 g/mol. The number of Topliss-reactive ketones (excluding diaryl/α,β-unsaturated/α-hetero) is 1. The molecule has 31 heavy (non-hydrogen) atoms. The molecular weight excluding hydrogens is 394 g/mol. The SMILES string of the molecule is CCOC(=O)C(Cc1ccc(CCCC(=O)O)cc1)C(=O)C(C)C.Nc1ccccc1. The average Bonchev–Trinajstić information content (AvgIpc) is 2.73. The number of anilines is 1. The third-order valence-corrected chi connectivity index (χ3v) is 4.60. The van der Waals surface area contributed by atoms with Crippen molar-refractivity contribution in [2.75, 3.05) is 12.3 Å². The van der Waals surface area contributed by atoms with E-state index in [1.54, 1.807) is 20.8 Å². The van der Waals surface area contributed by atoms with Crippen molar-refractivity contribution in [2.24, 2.45) is 11.8 Å². The van der Waals surface area contributed by atoms with Crippen molar-refractivity contribution in [1.29, 1.82) is 0 Å². The molecule has 0 spiro atoms. The molecule has 0 aromatic heterocycles. The predicted octanol–water partition coefficient (Wildman–Crippen LogP) is 4.31. The highest BCUT2D eigenvalue weighted by Gasteiger charge is 2.29. The van der Waals surface area contributed by atoms with E-state index in [1.807, 2.05) is 54.6 Å². The number of ketones is 1. The van der Waals surface area contributed by atoms with Gasteiger partial charge in [0.05, 0.1) is 6.61 Å². The van der Waals surface area contributed by atoms with Gasteiger partial charge in [0.2, 0.25) is 0 Å². The van der Waals surface area contributed by atoms with Crippen molar-refractivity contribution in [3.8, 4) is 0 Å². The third kappa shape index (κ3) is 10.4. The van der Waals surface area contributed by atoms with E-state index in [0.717, 1.165) is 16.8 Å². The van der Waals surface area contributed by atoms with Crippen LogP contribution in [0.4, 0.5) is 5.69 Å². The van der Waals surface area contributed by atoms with Crippen LogP contribution < -0.4 is 5.73 Å². The number of carboxylic acids is 1. The van der Waals surface area contributed by atoms with Crippen LogP contribution in [0.2, 0.25) is 0 Å². The van der Waals surface area contributed by atoms with Crippen LogP contribution in [0.3, 0.4) is 0 Å². The number of hydrogen-bond acceptors (Lipinski definition) is 5. The first-order valence-electron chi connectivity index (χ1n) is 10.5. The fourth-order valence-electron chi connectivity index (χ4n) is 2.92. The maximum Gasteiger partial charge on any atom is 0.316 e. The van der Waals surface area contributed by atoms with E-state index in [4.69, 9.17) is 15.6 Å². The van der Waals surface area contributed by atoms with E-state index in [1.165, 1.54) is 0 Å². The predicted molar refractivity (Wildman–Crippen MR) is 122 cm³/mol. The van der Waals surface area contributed by atoms with Crippen molar-refractivity contribution in [1.82, 2.24) is 0 Å². The summed E-state index contributed by atoms with van der Waals surface area (Å²) in [6.45, 7) is 5.53. The normalized spacial score (nSPS) is 11.2. The van der Waals surface area contributed by atoms with Crippen LogP contribution in [0.25, 0.3) is 0 Å². The highest BCUT2D eigenvalue weighted by molar-refractivity contribution is 6.00. The van der Waals surface area contributed by atoms with Crippen LogP contribution in [0, 0.1) is 11.8 Å². The van der Waals surface area contributed by atoms with Gasteiger partial charge in [0.1, 0.15) is 11.7 Å². The number of aryl methyl sites for hydroxylation is 1. The molecule has 1 atom stereocenters. The van der Waals surface area contributed by atoms with Gasteiger partial charge in [-0.05, 0) is 49.4 Å². The zero-order chi connectivity index (χ0) is 23.2. The molecule has 0 heterocycles. The number of nitrogens with two attached hydrogens (primary N) is 1. The van der Waals surface area contributed by atoms with Crippen LogP contribution in [0.1, 0.15) is 44.7 Å². The van der Waals surface area contributed by atoms with Crippen molar-refractivity contribution < 1.29 is 24.2 Å². The van der Waals surface area contributed by atoms with Crippen molar-refractivity contribution in [3.63, 3.8) is 0 Å². The second-order valence-electron chi connectivity index (χ2n) is 7.54. The Kier molecular flexibility index (Phi) is 11.7. The number of benzene rings is 2. The van der Waals surface area contributed by atoms with E-state index in [0.29, 0.717) is 19.3 Å². The number of para-hydroxylation sites is 1. The summed E-state index contributed by atoms with van der Waals surface area (Å²) in [5.41, 5.74) is 8.12. The van der Waals surface area contributed by atoms with E-state index in [9.17, 15) is 14.4 Å². The molecule has 0 bridgehead atoms. The largest absolute Gasteiger partial charge is 0.481 e. The standard InChI is InChI=1S/C19H26O5.C6H7N/c1-4-24-19(23)16(18(22)13(2)3)12-15-10-8-14(9-11-15)6-5-7-17(20)21;7-6-4-2-1-3-5-6/h8-11,13,16H,4-7,12H2,1-3H3,(H,20,21);1-5H,7H2. The van der Waals surface area contributed by atoms with Crippen LogP contribution in [0.5, 0.6) is 0 Å². The van der Waals surface area contributed by atoms with Gasteiger partial charge in [-0.1, -0.05) is 56.3 Å². The van der Waals surface area contributed by atoms with E-state index >= 15 is 0 Å². The summed E-state index contributed by atoms with van der Waals surface area (Å²) in [6, 6.07) is 17.1. The molecule has 168 valence electrons. The first-order valence-corrected chi connectivity index (χ1v) is 10.5. The molecule has 0 saturated carbocycles. The number of rotatable bonds is 10. The Bertz CT molecular complexity index is 816. The van der Waals surface area contributed by atoms with Gasteiger partial charge in [0.15, 0.2) is 0 Å². The van der Waals surface area contributed by atoms with Crippen molar-refractivity contribution in [2.45, 2.75) is 46.5 Å². The van der Waals surface area contributed by atoms with E-state index < -0.39 is 17.9 Å². The molecule has 1 unspecified atom stereocenters. The molecule has 0 amide bonds. The Morgan fingerprint density at radius 1 is 0.968 bits per heavy atom. The van der Waals surface area contributed by atoms with Gasteiger partial charge >= 0.3 is 11.9 Å². The Morgan fingerprint density at radius 3 is 2.00 bits per heavy atom. The molecule has 2 rings (SSSR count). The molecule has 0 aliphatic rings. The van der Waals surface area contributed by atoms with Gasteiger partial charge in [0.25, 0.3) is 0 Å². The number of carboxylic acid groups (broad SMARTS) is 1. The number of ether oxygens (including phenoxy) is 1. The van der Waals surface area contributed by atoms with Crippen molar-refractivity contribution in [3.05, 3.63) is 65.7 Å². The maximum atomic E-state index is 12.3. The molecule has 0 saturated heterocycles. The summed E-state index contributed by atoms with van der Waals surface area (Å²) >= 11 is 0. The lowest BCUT2D eigenvalue weighted by Crippen LogP contribution is -2.31. The molecular formula is C25H33NO5. The lowest BCUT2D eigenvalue weighted by Gasteiger charge is -2.17. The van der Waals surface area contributed by atoms with Gasteiger partial charge in [-0.3, -0.25) is 14.4 Å². The topological polar surface area (TPSA) is 107 Å². The summed E-state index contributed by atoms with van der Waals surface area (Å²) in [4.78, 5) is 34.9. The number of nitrogen functional groups attached to an aromatic ring is 1. The number of esters is 1. The first kappa shape index (κ1) is 25.9. The van der Waals surface area contributed by atoms with Gasteiger partial charge in [0, 0.05) is 18.0 Å². The molecule has 6 heteroatoms. The summed E-state index contributed by atoms with van der Waals surface area (Å²) in [5.74, 6) is -2.38. The highest BCUT2D eigenvalue weighted by atomic mass is 16.5. The van der Waals surface area contributed by atoms with Gasteiger partial charge in [-0.2, -0.15) is 0 Å². The summed E-state index contributed by atoms with van der Waals surface area (Å²) in [5, 5.41) is 8.65. The summed E-state index contributed by atoms with van der Waals surface area (Å²) in [6.07, 6.45) is 1.76. The second-order valence-corrected chi connectivity index (χ2v) is 7.54. The summed E-state index contributed by atoms with van der Waals surface area (Å²) in [7, 11) is 0. The molecule has 2 aromatic carbocycles. The quantitative estimate of drug-likeness (QED) is 0.332. The fourth-order valence-corrected chi connectivity index (χ4v) is 2.92. The number of aliphatic carboxylic acids is 1. The molecule has 2 aromatic rings. The average molecular weight is 428 g/mol. The zero-order valence-electron chi connectivity index (χ0n) is 18.5. The minimum absolute atomic E-state index is 0.112. The number of carbonyl (C=O) groups is 3. The van der Waals surface area contributed by atoms with Crippen LogP contribution in [-0.2, 0) is 32.0 Å². The van der Waals surface area contributed by atoms with Crippen molar-refractivity contribution >= 4 is 23.4 Å². The molecule has 0 fully saturated rings. The Labute approximate surface area is 184 Å². The highest BCUT2D eigenvalue weighted by Crippen LogP contribution is 2.17. The zero-order valence-corrected chi connectivity index (χ0v) is 18.5. The molecule has 0 aliphatic carbocycles. The second kappa shape index (κ2) is 14.0. The Morgan fingerprint density at radius 2 is 1.55 bits per heavy atom. The van der Waals surface area contributed by atoms with Gasteiger partial charge < -0.3 is 15.6 Å². The molecule has 3 N–H and O–H groups in total. The van der Waals surface area contributed by atoms with Gasteiger partial charge in [-0.15, -0.1) is 0 Å². The third-order valence-electron chi connectivity index (χ3n) is 4.60.